The van der Waals surface area contributed by atoms with E-state index < -0.39 is 105 Å². The first-order valence-electron chi connectivity index (χ1n) is 10.5. The van der Waals surface area contributed by atoms with Crippen LogP contribution < -0.4 is 43.0 Å². The van der Waals surface area contributed by atoms with Crippen LogP contribution in [-0.4, -0.2) is 127 Å². The average molecular weight is 534 g/mol. The number of aliphatic carboxylic acids is 1. The summed E-state index contributed by atoms with van der Waals surface area (Å²) < 4.78 is 0. The minimum Gasteiger partial charge on any atom is -0.480 e. The van der Waals surface area contributed by atoms with E-state index in [-0.39, 0.29) is 6.54 Å². The van der Waals surface area contributed by atoms with Crippen molar-refractivity contribution in [3.8, 4) is 0 Å². The second-order valence-electron chi connectivity index (χ2n) is 6.97. The summed E-state index contributed by atoms with van der Waals surface area (Å²) in [7, 11) is 0. The largest absolute Gasteiger partial charge is 0.480 e. The van der Waals surface area contributed by atoms with Crippen LogP contribution >= 0.6 is 0 Å². The molecule has 12 N–H and O–H groups in total. The van der Waals surface area contributed by atoms with Gasteiger partial charge in [0.2, 0.25) is 41.4 Å². The van der Waals surface area contributed by atoms with Gasteiger partial charge in [-0.3, -0.25) is 38.4 Å². The second kappa shape index (κ2) is 18.0. The Bertz CT molecular complexity index is 867. The van der Waals surface area contributed by atoms with E-state index in [1.165, 1.54) is 0 Å². The summed E-state index contributed by atoms with van der Waals surface area (Å²) in [6.07, 6.45) is 0. The molecule has 0 aromatic rings. The number of amides is 7. The van der Waals surface area contributed by atoms with E-state index in [0.29, 0.717) is 0 Å². The maximum atomic E-state index is 12.0. The zero-order valence-electron chi connectivity index (χ0n) is 19.5. The van der Waals surface area contributed by atoms with E-state index in [1.807, 2.05) is 5.32 Å². The van der Waals surface area contributed by atoms with E-state index in [4.69, 9.17) is 15.9 Å². The fourth-order valence-corrected chi connectivity index (χ4v) is 2.19. The highest BCUT2D eigenvalue weighted by Crippen LogP contribution is 1.85. The number of carboxylic acids is 1. The smallest absolute Gasteiger partial charge is 0.322 e. The Morgan fingerprint density at radius 3 is 1.27 bits per heavy atom. The van der Waals surface area contributed by atoms with E-state index in [9.17, 15) is 43.5 Å². The first kappa shape index (κ1) is 32.6. The molecule has 37 heavy (non-hydrogen) atoms. The summed E-state index contributed by atoms with van der Waals surface area (Å²) in [6, 6.07) is -2.88. The molecular weight excluding hydrogens is 504 g/mol. The summed E-state index contributed by atoms with van der Waals surface area (Å²) in [6.45, 7) is -5.10. The Kier molecular flexibility index (Phi) is 15.9. The number of hydrogen-bond donors (Lipinski definition) is 11. The Morgan fingerprint density at radius 1 is 0.541 bits per heavy atom. The SMILES string of the molecule is NCC(=O)NCC(=O)N[C@@H](CO)C(=O)NCC(=O)NCC(=O)NCC(=O)N[C@@H](CO)C(=O)NCC(=O)O. The zero-order chi connectivity index (χ0) is 28.4. The number of carbonyl (C=O) groups excluding carboxylic acids is 7. The van der Waals surface area contributed by atoms with Gasteiger partial charge in [0.25, 0.3) is 0 Å². The van der Waals surface area contributed by atoms with Gasteiger partial charge in [-0.05, 0) is 0 Å². The van der Waals surface area contributed by atoms with Gasteiger partial charge in [-0.25, -0.2) is 0 Å². The molecule has 0 aliphatic rings. The Balaban J connectivity index is 4.32. The van der Waals surface area contributed by atoms with Crippen LogP contribution in [0.3, 0.4) is 0 Å². The molecule has 19 heteroatoms. The number of hydrogen-bond acceptors (Lipinski definition) is 11. The number of aliphatic hydroxyl groups excluding tert-OH is 2. The molecule has 0 rings (SSSR count). The van der Waals surface area contributed by atoms with Gasteiger partial charge in [0.1, 0.15) is 18.6 Å². The molecule has 19 nitrogen and oxygen atoms in total. The number of carbonyl (C=O) groups is 8. The van der Waals surface area contributed by atoms with E-state index in [2.05, 4.69) is 31.9 Å². The monoisotopic (exact) mass is 534 g/mol. The number of carboxylic acid groups (broad SMARTS) is 1. The number of aliphatic hydroxyl groups is 2. The van der Waals surface area contributed by atoms with Gasteiger partial charge in [0.15, 0.2) is 0 Å². The molecule has 0 unspecified atom stereocenters. The fraction of sp³-hybridized carbons (Fsp3) is 0.556. The predicted octanol–water partition coefficient (Wildman–Crippen LogP) is -8.44. The lowest BCUT2D eigenvalue weighted by molar-refractivity contribution is -0.138. The van der Waals surface area contributed by atoms with Crippen LogP contribution in [-0.2, 0) is 38.4 Å². The highest BCUT2D eigenvalue weighted by molar-refractivity contribution is 5.94. The lowest BCUT2D eigenvalue weighted by atomic mass is 10.3. The van der Waals surface area contributed by atoms with Crippen molar-refractivity contribution in [1.29, 1.82) is 0 Å². The van der Waals surface area contributed by atoms with Crippen molar-refractivity contribution in [2.45, 2.75) is 12.1 Å². The molecule has 2 atom stereocenters. The van der Waals surface area contributed by atoms with Gasteiger partial charge < -0.3 is 58.3 Å². The molecule has 0 spiro atoms. The van der Waals surface area contributed by atoms with E-state index >= 15 is 0 Å². The fourth-order valence-electron chi connectivity index (χ4n) is 2.19. The molecular formula is C18H30N8O11. The third kappa shape index (κ3) is 15.3. The minimum absolute atomic E-state index is 0.351. The van der Waals surface area contributed by atoms with Gasteiger partial charge in [-0.2, -0.15) is 0 Å². The van der Waals surface area contributed by atoms with Gasteiger partial charge in [0.05, 0.1) is 45.9 Å². The molecule has 0 aliphatic heterocycles. The van der Waals surface area contributed by atoms with Crippen LogP contribution in [0.15, 0.2) is 0 Å². The first-order chi connectivity index (χ1) is 17.4. The third-order valence-corrected chi connectivity index (χ3v) is 4.03. The van der Waals surface area contributed by atoms with Crippen molar-refractivity contribution in [1.82, 2.24) is 37.2 Å². The van der Waals surface area contributed by atoms with Crippen LogP contribution in [0.4, 0.5) is 0 Å². The molecule has 0 saturated carbocycles. The molecule has 0 fully saturated rings. The lowest BCUT2D eigenvalue weighted by Gasteiger charge is -2.16. The topological polar surface area (TPSA) is 307 Å². The molecule has 208 valence electrons. The van der Waals surface area contributed by atoms with Crippen molar-refractivity contribution in [2.75, 3.05) is 52.5 Å². The first-order valence-corrected chi connectivity index (χ1v) is 10.5. The summed E-state index contributed by atoms with van der Waals surface area (Å²) >= 11 is 0. The van der Waals surface area contributed by atoms with E-state index in [1.54, 1.807) is 0 Å². The highest BCUT2D eigenvalue weighted by atomic mass is 16.4. The van der Waals surface area contributed by atoms with Crippen LogP contribution in [0.25, 0.3) is 0 Å². The summed E-state index contributed by atoms with van der Waals surface area (Å²) in [4.78, 5) is 92.1. The maximum Gasteiger partial charge on any atom is 0.322 e. The molecule has 0 aliphatic carbocycles. The maximum absolute atomic E-state index is 12.0. The molecule has 0 aromatic carbocycles. The van der Waals surface area contributed by atoms with Gasteiger partial charge in [0, 0.05) is 0 Å². The Labute approximate surface area is 209 Å². The van der Waals surface area contributed by atoms with Crippen LogP contribution in [0.5, 0.6) is 0 Å². The summed E-state index contributed by atoms with van der Waals surface area (Å²) in [5, 5.41) is 41.5. The number of nitrogens with two attached hydrogens (primary N) is 1. The van der Waals surface area contributed by atoms with Crippen LogP contribution in [0.1, 0.15) is 0 Å². The van der Waals surface area contributed by atoms with Gasteiger partial charge in [-0.15, -0.1) is 0 Å². The second-order valence-corrected chi connectivity index (χ2v) is 6.97. The van der Waals surface area contributed by atoms with Crippen molar-refractivity contribution in [3.63, 3.8) is 0 Å². The summed E-state index contributed by atoms with van der Waals surface area (Å²) in [5.74, 6) is -7.19. The van der Waals surface area contributed by atoms with Gasteiger partial charge in [-0.1, -0.05) is 0 Å². The number of rotatable bonds is 17. The molecule has 0 bridgehead atoms. The Hall–Kier alpha value is -4.36. The molecule has 0 radical (unpaired) electrons. The lowest BCUT2D eigenvalue weighted by Crippen LogP contribution is -2.53. The van der Waals surface area contributed by atoms with Crippen molar-refractivity contribution < 1.29 is 53.7 Å². The predicted molar refractivity (Wildman–Crippen MR) is 120 cm³/mol. The molecule has 0 aromatic heterocycles. The van der Waals surface area contributed by atoms with Gasteiger partial charge >= 0.3 is 5.97 Å². The Morgan fingerprint density at radius 2 is 0.892 bits per heavy atom. The van der Waals surface area contributed by atoms with E-state index in [0.717, 1.165) is 0 Å². The molecule has 0 saturated heterocycles. The van der Waals surface area contributed by atoms with Crippen molar-refractivity contribution in [3.05, 3.63) is 0 Å². The average Bonchev–Trinajstić information content (AvgIpc) is 2.87. The molecule has 7 amide bonds. The molecule has 0 heterocycles. The number of nitrogens with one attached hydrogen (secondary N) is 7. The van der Waals surface area contributed by atoms with Crippen LogP contribution in [0, 0.1) is 0 Å². The minimum atomic E-state index is -1.45. The normalized spacial score (nSPS) is 11.6. The van der Waals surface area contributed by atoms with Crippen LogP contribution in [0.2, 0.25) is 0 Å². The quantitative estimate of drug-likeness (QED) is 0.0829. The third-order valence-electron chi connectivity index (χ3n) is 4.03. The zero-order valence-corrected chi connectivity index (χ0v) is 19.5. The standard InChI is InChI=1S/C18H30N8O11/c19-1-11(29)20-4-14(32)25-9(7-27)17(36)23-3-13(31)21-2-12(30)22-5-15(33)26-10(8-28)18(37)24-6-16(34)35/h9-10,27-28H,1-8,19H2,(H,20,29)(H,21,31)(H,22,30)(H,23,36)(H,24,37)(H,25,32)(H,26,33)(H,34,35)/t9-,10-/m0/s1. The van der Waals surface area contributed by atoms with Crippen molar-refractivity contribution >= 4 is 47.3 Å². The van der Waals surface area contributed by atoms with Crippen molar-refractivity contribution in [2.24, 2.45) is 5.73 Å². The highest BCUT2D eigenvalue weighted by Gasteiger charge is 2.22. The summed E-state index contributed by atoms with van der Waals surface area (Å²) in [5.41, 5.74) is 5.06.